The Kier molecular flexibility index (Phi) is 5.94. The molecule has 2 aromatic rings. The van der Waals surface area contributed by atoms with Crippen LogP contribution in [0.5, 0.6) is 0 Å². The Labute approximate surface area is 186 Å². The van der Waals surface area contributed by atoms with Gasteiger partial charge in [0.05, 0.1) is 17.8 Å². The first kappa shape index (κ1) is 21.6. The van der Waals surface area contributed by atoms with Crippen molar-refractivity contribution in [2.45, 2.75) is 58.7 Å². The van der Waals surface area contributed by atoms with E-state index in [1.165, 1.54) is 18.3 Å². The number of rotatable bonds is 5. The van der Waals surface area contributed by atoms with Crippen LogP contribution in [0.25, 0.3) is 0 Å². The fraction of sp³-hybridized carbons (Fsp3) is 0.571. The van der Waals surface area contributed by atoms with Crippen LogP contribution in [0.1, 0.15) is 54.8 Å². The lowest BCUT2D eigenvalue weighted by Gasteiger charge is -2.41. The number of nitrogens with zero attached hydrogens (tertiary/aromatic N) is 5. The predicted molar refractivity (Wildman–Crippen MR) is 119 cm³/mol. The normalized spacial score (nSPS) is 19.5. The van der Waals surface area contributed by atoms with E-state index in [4.69, 9.17) is 0 Å². The van der Waals surface area contributed by atoms with E-state index in [2.05, 4.69) is 37.4 Å². The Hall–Kier alpha value is -2.59. The summed E-state index contributed by atoms with van der Waals surface area (Å²) in [6.07, 6.45) is 3.65. The molecule has 0 unspecified atom stereocenters. The highest BCUT2D eigenvalue weighted by atomic mass is 32.1. The van der Waals surface area contributed by atoms with E-state index in [0.29, 0.717) is 18.2 Å². The maximum absolute atomic E-state index is 12.7. The zero-order valence-corrected chi connectivity index (χ0v) is 19.3. The molecule has 0 bridgehead atoms. The summed E-state index contributed by atoms with van der Waals surface area (Å²) in [6.45, 7) is 10.5. The van der Waals surface area contributed by atoms with Gasteiger partial charge in [-0.1, -0.05) is 0 Å². The monoisotopic (exact) mass is 443 g/mol. The SMILES string of the molecule is CC(=O)Nc1ncc([C@H](C)N2CCC3(CC2)CN(Cc2cc(C)nc(C)n2)C(=O)N3)s1. The van der Waals surface area contributed by atoms with E-state index in [-0.39, 0.29) is 23.5 Å². The number of aromatic nitrogens is 3. The predicted octanol–water partition coefficient (Wildman–Crippen LogP) is 2.63. The summed E-state index contributed by atoms with van der Waals surface area (Å²) in [6, 6.07) is 2.15. The van der Waals surface area contributed by atoms with Crippen LogP contribution in [0.15, 0.2) is 12.3 Å². The van der Waals surface area contributed by atoms with Crippen LogP contribution in [0.3, 0.4) is 0 Å². The van der Waals surface area contributed by atoms with E-state index in [1.807, 2.05) is 31.0 Å². The third-order valence-electron chi connectivity index (χ3n) is 6.05. The van der Waals surface area contributed by atoms with Crippen LogP contribution in [-0.4, -0.2) is 61.9 Å². The smallest absolute Gasteiger partial charge is 0.318 e. The number of thiazole rings is 1. The number of likely N-dealkylation sites (tertiary alicyclic amines) is 1. The molecule has 3 amide bonds. The highest BCUT2D eigenvalue weighted by Gasteiger charge is 2.45. The Bertz CT molecular complexity index is 964. The van der Waals surface area contributed by atoms with Crippen molar-refractivity contribution in [3.8, 4) is 0 Å². The van der Waals surface area contributed by atoms with Gasteiger partial charge < -0.3 is 15.5 Å². The number of anilines is 1. The maximum atomic E-state index is 12.7. The molecule has 2 N–H and O–H groups in total. The minimum atomic E-state index is -0.181. The lowest BCUT2D eigenvalue weighted by molar-refractivity contribution is -0.114. The minimum Gasteiger partial charge on any atom is -0.331 e. The average Bonchev–Trinajstić information content (AvgIpc) is 3.25. The zero-order chi connectivity index (χ0) is 22.2. The maximum Gasteiger partial charge on any atom is 0.318 e. The van der Waals surface area contributed by atoms with Gasteiger partial charge in [0, 0.05) is 49.4 Å². The first-order valence-electron chi connectivity index (χ1n) is 10.6. The molecule has 4 heterocycles. The van der Waals surface area contributed by atoms with Gasteiger partial charge in [0.2, 0.25) is 5.91 Å². The third kappa shape index (κ3) is 4.85. The second-order valence-electron chi connectivity index (χ2n) is 8.58. The Morgan fingerprint density at radius 3 is 2.74 bits per heavy atom. The van der Waals surface area contributed by atoms with Crippen molar-refractivity contribution in [3.63, 3.8) is 0 Å². The van der Waals surface area contributed by atoms with Crippen LogP contribution < -0.4 is 10.6 Å². The Morgan fingerprint density at radius 1 is 1.32 bits per heavy atom. The molecule has 2 fully saturated rings. The van der Waals surface area contributed by atoms with Crippen molar-refractivity contribution in [2.24, 2.45) is 0 Å². The second kappa shape index (κ2) is 8.51. The second-order valence-corrected chi connectivity index (χ2v) is 9.64. The van der Waals surface area contributed by atoms with Gasteiger partial charge in [-0.2, -0.15) is 0 Å². The molecule has 1 spiro atoms. The van der Waals surface area contributed by atoms with E-state index in [0.717, 1.165) is 48.0 Å². The molecule has 31 heavy (non-hydrogen) atoms. The van der Waals surface area contributed by atoms with E-state index in [9.17, 15) is 9.59 Å². The summed E-state index contributed by atoms with van der Waals surface area (Å²) in [5.74, 6) is 0.624. The molecule has 0 saturated carbocycles. The van der Waals surface area contributed by atoms with Crippen LogP contribution in [0.4, 0.5) is 9.93 Å². The summed E-state index contributed by atoms with van der Waals surface area (Å²) in [4.78, 5) is 42.4. The van der Waals surface area contributed by atoms with Gasteiger partial charge in [-0.15, -0.1) is 11.3 Å². The summed E-state index contributed by atoms with van der Waals surface area (Å²) >= 11 is 1.52. The average molecular weight is 444 g/mol. The number of carbonyl (C=O) groups is 2. The topological polar surface area (TPSA) is 103 Å². The van der Waals surface area contributed by atoms with Crippen molar-refractivity contribution in [2.75, 3.05) is 25.0 Å². The molecule has 10 heteroatoms. The van der Waals surface area contributed by atoms with Crippen molar-refractivity contribution < 1.29 is 9.59 Å². The van der Waals surface area contributed by atoms with Crippen molar-refractivity contribution in [1.29, 1.82) is 0 Å². The molecule has 0 aromatic carbocycles. The number of carbonyl (C=O) groups excluding carboxylic acids is 2. The molecule has 0 radical (unpaired) electrons. The highest BCUT2D eigenvalue weighted by Crippen LogP contribution is 2.34. The summed E-state index contributed by atoms with van der Waals surface area (Å²) < 4.78 is 0. The first-order chi connectivity index (χ1) is 14.7. The molecule has 0 aliphatic carbocycles. The molecule has 2 aliphatic heterocycles. The molecule has 9 nitrogen and oxygen atoms in total. The molecule has 4 rings (SSSR count). The number of aryl methyl sites for hydroxylation is 2. The lowest BCUT2D eigenvalue weighted by Crippen LogP contribution is -2.52. The summed E-state index contributed by atoms with van der Waals surface area (Å²) in [5, 5.41) is 6.64. The molecule has 2 saturated heterocycles. The fourth-order valence-corrected chi connectivity index (χ4v) is 5.42. The van der Waals surface area contributed by atoms with Crippen molar-refractivity contribution >= 4 is 28.4 Å². The van der Waals surface area contributed by atoms with Gasteiger partial charge in [-0.3, -0.25) is 9.69 Å². The van der Waals surface area contributed by atoms with Gasteiger partial charge in [-0.05, 0) is 39.7 Å². The van der Waals surface area contributed by atoms with E-state index >= 15 is 0 Å². The molecule has 1 atom stereocenters. The van der Waals surface area contributed by atoms with Crippen LogP contribution in [0, 0.1) is 13.8 Å². The van der Waals surface area contributed by atoms with Gasteiger partial charge in [0.15, 0.2) is 5.13 Å². The fourth-order valence-electron chi connectivity index (χ4n) is 4.47. The number of urea groups is 1. The Balaban J connectivity index is 1.36. The standard InChI is InChI=1S/C21H29N7O2S/c1-13-9-17(24-15(3)23-13)11-28-12-21(26-20(28)30)5-7-27(8-6-21)14(2)18-10-22-19(31-18)25-16(4)29/h9-10,14H,5-8,11-12H2,1-4H3,(H,26,30)(H,22,25,29)/t14-/m0/s1. The molecule has 2 aliphatic rings. The quantitative estimate of drug-likeness (QED) is 0.736. The van der Waals surface area contributed by atoms with Gasteiger partial charge >= 0.3 is 6.03 Å². The number of amides is 3. The van der Waals surface area contributed by atoms with Crippen LogP contribution in [-0.2, 0) is 11.3 Å². The number of hydrogen-bond donors (Lipinski definition) is 2. The largest absolute Gasteiger partial charge is 0.331 e. The van der Waals surface area contributed by atoms with Crippen molar-refractivity contribution in [3.05, 3.63) is 34.4 Å². The molecular formula is C21H29N7O2S. The molecule has 2 aromatic heterocycles. The van der Waals surface area contributed by atoms with Gasteiger partial charge in [0.25, 0.3) is 0 Å². The summed E-state index contributed by atoms with van der Waals surface area (Å²) in [7, 11) is 0. The number of hydrogen-bond acceptors (Lipinski definition) is 7. The highest BCUT2D eigenvalue weighted by molar-refractivity contribution is 7.15. The number of piperidine rings is 1. The molecular weight excluding hydrogens is 414 g/mol. The zero-order valence-electron chi connectivity index (χ0n) is 18.4. The van der Waals surface area contributed by atoms with E-state index in [1.54, 1.807) is 0 Å². The van der Waals surface area contributed by atoms with Crippen LogP contribution >= 0.6 is 11.3 Å². The van der Waals surface area contributed by atoms with Gasteiger partial charge in [-0.25, -0.2) is 19.7 Å². The molecule has 166 valence electrons. The number of nitrogens with one attached hydrogen (secondary N) is 2. The van der Waals surface area contributed by atoms with E-state index < -0.39 is 0 Å². The van der Waals surface area contributed by atoms with Crippen molar-refractivity contribution in [1.82, 2.24) is 30.1 Å². The summed E-state index contributed by atoms with van der Waals surface area (Å²) in [5.41, 5.74) is 1.62. The Morgan fingerprint density at radius 2 is 2.06 bits per heavy atom. The first-order valence-corrected chi connectivity index (χ1v) is 11.4. The third-order valence-corrected chi connectivity index (χ3v) is 7.13. The lowest BCUT2D eigenvalue weighted by atomic mass is 9.87. The van der Waals surface area contributed by atoms with Gasteiger partial charge in [0.1, 0.15) is 5.82 Å². The van der Waals surface area contributed by atoms with Crippen LogP contribution in [0.2, 0.25) is 0 Å². The minimum absolute atomic E-state index is 0.0159.